The summed E-state index contributed by atoms with van der Waals surface area (Å²) in [6.07, 6.45) is 3.42. The summed E-state index contributed by atoms with van der Waals surface area (Å²) in [5.41, 5.74) is 2.74. The Balaban J connectivity index is 1.56. The molecule has 0 aliphatic rings. The third-order valence-corrected chi connectivity index (χ3v) is 4.16. The summed E-state index contributed by atoms with van der Waals surface area (Å²) in [6, 6.07) is 18.0. The van der Waals surface area contributed by atoms with Crippen molar-refractivity contribution in [1.29, 1.82) is 0 Å². The Morgan fingerprint density at radius 3 is 2.15 bits per heavy atom. The molecule has 0 unspecified atom stereocenters. The van der Waals surface area contributed by atoms with Crippen molar-refractivity contribution in [1.82, 2.24) is 4.98 Å². The van der Waals surface area contributed by atoms with Gasteiger partial charge in [0.2, 0.25) is 5.91 Å². The smallest absolute Gasteiger partial charge is 0.257 e. The number of aromatic nitrogens is 1. The number of carbonyl (C=O) groups is 2. The van der Waals surface area contributed by atoms with Crippen LogP contribution in [0.15, 0.2) is 77.5 Å². The SMILES string of the molecule is O=C(Cc1ccc(Br)cc1)Nc1ccc(NC(=O)c2cccnc2)cc1. The number of hydrogen-bond donors (Lipinski definition) is 2. The van der Waals surface area contributed by atoms with E-state index in [0.29, 0.717) is 23.4 Å². The molecule has 0 spiro atoms. The van der Waals surface area contributed by atoms with Crippen LogP contribution in [0.5, 0.6) is 0 Å². The molecule has 0 bridgehead atoms. The van der Waals surface area contributed by atoms with E-state index in [2.05, 4.69) is 31.5 Å². The molecule has 26 heavy (non-hydrogen) atoms. The summed E-state index contributed by atoms with van der Waals surface area (Å²) in [4.78, 5) is 28.1. The van der Waals surface area contributed by atoms with Crippen molar-refractivity contribution in [2.24, 2.45) is 0 Å². The number of halogens is 1. The number of anilines is 2. The highest BCUT2D eigenvalue weighted by Crippen LogP contribution is 2.16. The molecule has 0 fully saturated rings. The largest absolute Gasteiger partial charge is 0.326 e. The molecule has 2 amide bonds. The Labute approximate surface area is 159 Å². The zero-order valence-electron chi connectivity index (χ0n) is 13.8. The summed E-state index contributed by atoms with van der Waals surface area (Å²) in [7, 11) is 0. The Kier molecular flexibility index (Phi) is 5.76. The number of pyridine rings is 1. The molecule has 0 aliphatic carbocycles. The van der Waals surface area contributed by atoms with E-state index in [1.807, 2.05) is 24.3 Å². The minimum atomic E-state index is -0.231. The van der Waals surface area contributed by atoms with Gasteiger partial charge >= 0.3 is 0 Å². The number of amides is 2. The van der Waals surface area contributed by atoms with Crippen LogP contribution in [-0.2, 0) is 11.2 Å². The van der Waals surface area contributed by atoms with Crippen LogP contribution in [0.25, 0.3) is 0 Å². The highest BCUT2D eigenvalue weighted by Gasteiger charge is 2.07. The first-order valence-corrected chi connectivity index (χ1v) is 8.75. The van der Waals surface area contributed by atoms with E-state index in [0.717, 1.165) is 10.0 Å². The van der Waals surface area contributed by atoms with Crippen LogP contribution in [0.3, 0.4) is 0 Å². The molecule has 0 saturated carbocycles. The number of nitrogens with one attached hydrogen (secondary N) is 2. The van der Waals surface area contributed by atoms with E-state index in [1.54, 1.807) is 42.6 Å². The van der Waals surface area contributed by atoms with Gasteiger partial charge in [-0.3, -0.25) is 14.6 Å². The molecule has 6 heteroatoms. The lowest BCUT2D eigenvalue weighted by Crippen LogP contribution is -2.15. The van der Waals surface area contributed by atoms with Crippen molar-refractivity contribution in [2.45, 2.75) is 6.42 Å². The van der Waals surface area contributed by atoms with Gasteiger partial charge in [-0.2, -0.15) is 0 Å². The predicted octanol–water partition coefficient (Wildman–Crippen LogP) is 4.28. The van der Waals surface area contributed by atoms with Crippen LogP contribution in [0.4, 0.5) is 11.4 Å². The molecular weight excluding hydrogens is 394 g/mol. The molecule has 0 atom stereocenters. The van der Waals surface area contributed by atoms with Gasteiger partial charge in [-0.25, -0.2) is 0 Å². The minimum Gasteiger partial charge on any atom is -0.326 e. The van der Waals surface area contributed by atoms with Gasteiger partial charge in [0.25, 0.3) is 5.91 Å². The van der Waals surface area contributed by atoms with E-state index in [1.165, 1.54) is 6.20 Å². The number of benzene rings is 2. The average molecular weight is 410 g/mol. The molecule has 0 saturated heterocycles. The molecule has 1 aromatic heterocycles. The van der Waals surface area contributed by atoms with E-state index < -0.39 is 0 Å². The van der Waals surface area contributed by atoms with E-state index in [9.17, 15) is 9.59 Å². The monoisotopic (exact) mass is 409 g/mol. The van der Waals surface area contributed by atoms with Gasteiger partial charge in [-0.1, -0.05) is 28.1 Å². The molecule has 0 radical (unpaired) electrons. The van der Waals surface area contributed by atoms with Crippen molar-refractivity contribution in [3.63, 3.8) is 0 Å². The molecule has 130 valence electrons. The Morgan fingerprint density at radius 1 is 0.885 bits per heavy atom. The maximum Gasteiger partial charge on any atom is 0.257 e. The van der Waals surface area contributed by atoms with Crippen LogP contribution in [0.1, 0.15) is 15.9 Å². The van der Waals surface area contributed by atoms with Gasteiger partial charge in [0.05, 0.1) is 12.0 Å². The fourth-order valence-corrected chi connectivity index (χ4v) is 2.59. The van der Waals surface area contributed by atoms with Gasteiger partial charge in [0.15, 0.2) is 0 Å². The van der Waals surface area contributed by atoms with Crippen molar-refractivity contribution in [3.05, 3.63) is 88.7 Å². The molecule has 3 aromatic rings. The van der Waals surface area contributed by atoms with Crippen LogP contribution in [0, 0.1) is 0 Å². The maximum atomic E-state index is 12.1. The third kappa shape index (κ3) is 5.00. The van der Waals surface area contributed by atoms with E-state index >= 15 is 0 Å². The predicted molar refractivity (Wildman–Crippen MR) is 105 cm³/mol. The zero-order valence-corrected chi connectivity index (χ0v) is 15.4. The summed E-state index contributed by atoms with van der Waals surface area (Å²) < 4.78 is 0.977. The van der Waals surface area contributed by atoms with Crippen LogP contribution in [0.2, 0.25) is 0 Å². The lowest BCUT2D eigenvalue weighted by Gasteiger charge is -2.08. The number of nitrogens with zero attached hydrogens (tertiary/aromatic N) is 1. The summed E-state index contributed by atoms with van der Waals surface area (Å²) in [6.45, 7) is 0. The lowest BCUT2D eigenvalue weighted by atomic mass is 10.1. The lowest BCUT2D eigenvalue weighted by molar-refractivity contribution is -0.115. The molecule has 3 rings (SSSR count). The van der Waals surface area contributed by atoms with Crippen molar-refractivity contribution >= 4 is 39.1 Å². The van der Waals surface area contributed by atoms with Gasteiger partial charge < -0.3 is 10.6 Å². The molecule has 1 heterocycles. The first-order chi connectivity index (χ1) is 12.6. The number of hydrogen-bond acceptors (Lipinski definition) is 3. The Bertz CT molecular complexity index is 895. The van der Waals surface area contributed by atoms with Gasteiger partial charge in [0, 0.05) is 28.2 Å². The molecule has 5 nitrogen and oxygen atoms in total. The quantitative estimate of drug-likeness (QED) is 0.660. The normalized spacial score (nSPS) is 10.2. The summed E-state index contributed by atoms with van der Waals surface area (Å²) in [5.74, 6) is -0.329. The summed E-state index contributed by atoms with van der Waals surface area (Å²) in [5, 5.41) is 5.63. The van der Waals surface area contributed by atoms with Crippen molar-refractivity contribution < 1.29 is 9.59 Å². The zero-order chi connectivity index (χ0) is 18.4. The number of rotatable bonds is 5. The van der Waals surface area contributed by atoms with Gasteiger partial charge in [-0.05, 0) is 54.1 Å². The second-order valence-electron chi connectivity index (χ2n) is 5.62. The fraction of sp³-hybridized carbons (Fsp3) is 0.0500. The Hall–Kier alpha value is -2.99. The van der Waals surface area contributed by atoms with E-state index in [4.69, 9.17) is 0 Å². The highest BCUT2D eigenvalue weighted by molar-refractivity contribution is 9.10. The first-order valence-electron chi connectivity index (χ1n) is 7.96. The Morgan fingerprint density at radius 2 is 1.54 bits per heavy atom. The van der Waals surface area contributed by atoms with Crippen LogP contribution < -0.4 is 10.6 Å². The average Bonchev–Trinajstić information content (AvgIpc) is 2.66. The van der Waals surface area contributed by atoms with E-state index in [-0.39, 0.29) is 11.8 Å². The molecule has 2 aromatic carbocycles. The van der Waals surface area contributed by atoms with Crippen LogP contribution in [-0.4, -0.2) is 16.8 Å². The fourth-order valence-electron chi connectivity index (χ4n) is 2.33. The number of carbonyl (C=O) groups excluding carboxylic acids is 2. The second kappa shape index (κ2) is 8.40. The van der Waals surface area contributed by atoms with Gasteiger partial charge in [0.1, 0.15) is 0 Å². The van der Waals surface area contributed by atoms with Gasteiger partial charge in [-0.15, -0.1) is 0 Å². The summed E-state index contributed by atoms with van der Waals surface area (Å²) >= 11 is 3.37. The first kappa shape index (κ1) is 17.8. The third-order valence-electron chi connectivity index (χ3n) is 3.63. The second-order valence-corrected chi connectivity index (χ2v) is 6.54. The van der Waals surface area contributed by atoms with Crippen molar-refractivity contribution in [3.8, 4) is 0 Å². The topological polar surface area (TPSA) is 71.1 Å². The highest BCUT2D eigenvalue weighted by atomic mass is 79.9. The maximum absolute atomic E-state index is 12.1. The standard InChI is InChI=1S/C20H16BrN3O2/c21-16-5-3-14(4-6-16)12-19(25)23-17-7-9-18(10-8-17)24-20(26)15-2-1-11-22-13-15/h1-11,13H,12H2,(H,23,25)(H,24,26). The molecular formula is C20H16BrN3O2. The molecule has 0 aliphatic heterocycles. The van der Waals surface area contributed by atoms with Crippen LogP contribution >= 0.6 is 15.9 Å². The molecule has 2 N–H and O–H groups in total. The minimum absolute atomic E-state index is 0.0977. The van der Waals surface area contributed by atoms with Crippen molar-refractivity contribution in [2.75, 3.05) is 10.6 Å².